The Morgan fingerprint density at radius 2 is 1.91 bits per heavy atom. The summed E-state index contributed by atoms with van der Waals surface area (Å²) in [5.74, 6) is 0.566. The number of aryl methyl sites for hydroxylation is 1. The van der Waals surface area contributed by atoms with Gasteiger partial charge < -0.3 is 10.1 Å². The molecule has 0 aliphatic heterocycles. The molecule has 4 rings (SSSR count). The van der Waals surface area contributed by atoms with Crippen molar-refractivity contribution in [2.24, 2.45) is 0 Å². The molecular formula is C24H26FN5O3. The summed E-state index contributed by atoms with van der Waals surface area (Å²) in [5, 5.41) is 12.0. The lowest BCUT2D eigenvalue weighted by molar-refractivity contribution is -0.121. The summed E-state index contributed by atoms with van der Waals surface area (Å²) >= 11 is 0. The van der Waals surface area contributed by atoms with Gasteiger partial charge in [0.25, 0.3) is 5.56 Å². The summed E-state index contributed by atoms with van der Waals surface area (Å²) < 4.78 is 21.9. The Bertz CT molecular complexity index is 1310. The highest BCUT2D eigenvalue weighted by molar-refractivity contribution is 5.80. The molecule has 2 heterocycles. The fourth-order valence-electron chi connectivity index (χ4n) is 3.75. The first-order valence-corrected chi connectivity index (χ1v) is 11.0. The van der Waals surface area contributed by atoms with E-state index in [0.717, 1.165) is 12.0 Å². The first-order valence-electron chi connectivity index (χ1n) is 11.0. The first-order chi connectivity index (χ1) is 16.1. The van der Waals surface area contributed by atoms with Gasteiger partial charge in [-0.1, -0.05) is 24.3 Å². The molecule has 9 heteroatoms. The van der Waals surface area contributed by atoms with E-state index in [4.69, 9.17) is 4.74 Å². The van der Waals surface area contributed by atoms with E-state index in [1.54, 1.807) is 24.3 Å². The summed E-state index contributed by atoms with van der Waals surface area (Å²) in [7, 11) is 0. The second kappa shape index (κ2) is 10.4. The van der Waals surface area contributed by atoms with Gasteiger partial charge in [-0.05, 0) is 43.2 Å². The zero-order valence-electron chi connectivity index (χ0n) is 18.5. The van der Waals surface area contributed by atoms with Crippen LogP contribution in [0.15, 0.2) is 53.3 Å². The number of carbonyl (C=O) groups excluding carboxylic acids is 1. The number of nitrogens with zero attached hydrogens (tertiary/aromatic N) is 4. The van der Waals surface area contributed by atoms with Gasteiger partial charge in [-0.2, -0.15) is 0 Å². The van der Waals surface area contributed by atoms with Crippen LogP contribution in [0, 0.1) is 5.82 Å². The van der Waals surface area contributed by atoms with Gasteiger partial charge in [-0.15, -0.1) is 10.2 Å². The Hall–Kier alpha value is -3.59. The van der Waals surface area contributed by atoms with Gasteiger partial charge in [0.2, 0.25) is 11.7 Å². The van der Waals surface area contributed by atoms with Crippen LogP contribution in [-0.2, 0) is 22.5 Å². The minimum Gasteiger partial charge on any atom is -0.382 e. The molecule has 172 valence electrons. The van der Waals surface area contributed by atoms with Crippen LogP contribution in [0.25, 0.3) is 16.7 Å². The van der Waals surface area contributed by atoms with Gasteiger partial charge in [-0.25, -0.2) is 4.39 Å². The third-order valence-electron chi connectivity index (χ3n) is 5.40. The molecule has 2 aromatic carbocycles. The molecule has 0 radical (unpaired) electrons. The Kier molecular flexibility index (Phi) is 7.09. The van der Waals surface area contributed by atoms with E-state index in [2.05, 4.69) is 15.5 Å². The maximum Gasteiger partial charge on any atom is 0.263 e. The highest BCUT2D eigenvalue weighted by Crippen LogP contribution is 2.16. The molecule has 1 amide bonds. The van der Waals surface area contributed by atoms with Crippen molar-refractivity contribution in [2.45, 2.75) is 32.7 Å². The number of hydrogen-bond donors (Lipinski definition) is 1. The third kappa shape index (κ3) is 5.09. The van der Waals surface area contributed by atoms with Crippen molar-refractivity contribution in [2.75, 3.05) is 19.8 Å². The van der Waals surface area contributed by atoms with E-state index in [1.165, 1.54) is 16.7 Å². The second-order valence-electron chi connectivity index (χ2n) is 7.69. The molecule has 0 unspecified atom stereocenters. The quantitative estimate of drug-likeness (QED) is 0.375. The number of aromatic nitrogens is 4. The van der Waals surface area contributed by atoms with E-state index >= 15 is 0 Å². The van der Waals surface area contributed by atoms with Crippen molar-refractivity contribution in [3.8, 4) is 0 Å². The van der Waals surface area contributed by atoms with Crippen LogP contribution in [0.2, 0.25) is 0 Å². The standard InChI is InChI=1S/C24H26FN5O3/c1-2-33-15-5-14-26-22(31)13-12-21-27-28-24-29(16-17-8-10-18(25)11-9-17)23(32)19-6-3-4-7-20(19)30(21)24/h3-4,6-11H,2,5,12-16H2,1H3,(H,26,31). The molecular weight excluding hydrogens is 425 g/mol. The van der Waals surface area contributed by atoms with Gasteiger partial charge >= 0.3 is 0 Å². The van der Waals surface area contributed by atoms with Crippen LogP contribution in [0.4, 0.5) is 4.39 Å². The first kappa shape index (κ1) is 22.6. The Morgan fingerprint density at radius 3 is 2.70 bits per heavy atom. The zero-order valence-corrected chi connectivity index (χ0v) is 18.5. The number of carbonyl (C=O) groups is 1. The van der Waals surface area contributed by atoms with Crippen LogP contribution in [0.5, 0.6) is 0 Å². The number of rotatable bonds is 10. The van der Waals surface area contributed by atoms with E-state index in [0.29, 0.717) is 48.7 Å². The topological polar surface area (TPSA) is 90.5 Å². The lowest BCUT2D eigenvalue weighted by Crippen LogP contribution is -2.26. The third-order valence-corrected chi connectivity index (χ3v) is 5.40. The summed E-state index contributed by atoms with van der Waals surface area (Å²) in [6.07, 6.45) is 1.38. The normalized spacial score (nSPS) is 11.3. The number of benzene rings is 2. The molecule has 33 heavy (non-hydrogen) atoms. The average molecular weight is 452 g/mol. The predicted octanol–water partition coefficient (Wildman–Crippen LogP) is 2.71. The largest absolute Gasteiger partial charge is 0.382 e. The number of nitrogens with one attached hydrogen (secondary N) is 1. The molecule has 0 aliphatic carbocycles. The molecule has 0 atom stereocenters. The minimum absolute atomic E-state index is 0.0767. The molecule has 2 aromatic heterocycles. The van der Waals surface area contributed by atoms with Gasteiger partial charge in [0.1, 0.15) is 11.6 Å². The summed E-state index contributed by atoms with van der Waals surface area (Å²) in [6, 6.07) is 13.3. The number of amides is 1. The van der Waals surface area contributed by atoms with Gasteiger partial charge in [-0.3, -0.25) is 18.6 Å². The van der Waals surface area contributed by atoms with Crippen LogP contribution < -0.4 is 10.9 Å². The van der Waals surface area contributed by atoms with Crippen molar-refractivity contribution in [1.29, 1.82) is 0 Å². The summed E-state index contributed by atoms with van der Waals surface area (Å²) in [4.78, 5) is 25.5. The molecule has 0 saturated carbocycles. The van der Waals surface area contributed by atoms with Gasteiger partial charge in [0.15, 0.2) is 0 Å². The number of fused-ring (bicyclic) bond motifs is 3. The molecule has 0 spiro atoms. The maximum absolute atomic E-state index is 13.3. The fourth-order valence-corrected chi connectivity index (χ4v) is 3.75. The minimum atomic E-state index is -0.337. The lowest BCUT2D eigenvalue weighted by Gasteiger charge is -2.11. The molecule has 4 aromatic rings. The van der Waals surface area contributed by atoms with E-state index in [9.17, 15) is 14.0 Å². The molecule has 0 aliphatic rings. The molecule has 8 nitrogen and oxygen atoms in total. The Labute approximate surface area is 190 Å². The molecule has 0 fully saturated rings. The van der Waals surface area contributed by atoms with Crippen LogP contribution >= 0.6 is 0 Å². The van der Waals surface area contributed by atoms with Crippen molar-refractivity contribution >= 4 is 22.6 Å². The maximum atomic E-state index is 13.3. The molecule has 0 saturated heterocycles. The number of halogens is 1. The second-order valence-corrected chi connectivity index (χ2v) is 7.69. The number of ether oxygens (including phenoxy) is 1. The average Bonchev–Trinajstić information content (AvgIpc) is 3.25. The van der Waals surface area contributed by atoms with Crippen LogP contribution in [-0.4, -0.2) is 44.8 Å². The van der Waals surface area contributed by atoms with Crippen LogP contribution in [0.1, 0.15) is 31.2 Å². The number of hydrogen-bond acceptors (Lipinski definition) is 5. The fraction of sp³-hybridized carbons (Fsp3) is 0.333. The van der Waals surface area contributed by atoms with Gasteiger partial charge in [0, 0.05) is 32.6 Å². The van der Waals surface area contributed by atoms with Crippen LogP contribution in [0.3, 0.4) is 0 Å². The summed E-state index contributed by atoms with van der Waals surface area (Å²) in [6.45, 7) is 3.99. The van der Waals surface area contributed by atoms with Crippen molar-refractivity contribution < 1.29 is 13.9 Å². The molecule has 1 N–H and O–H groups in total. The lowest BCUT2D eigenvalue weighted by atomic mass is 10.2. The van der Waals surface area contributed by atoms with E-state index < -0.39 is 0 Å². The van der Waals surface area contributed by atoms with Crippen molar-refractivity contribution in [3.63, 3.8) is 0 Å². The Balaban J connectivity index is 1.61. The highest BCUT2D eigenvalue weighted by atomic mass is 19.1. The monoisotopic (exact) mass is 451 g/mol. The summed E-state index contributed by atoms with van der Waals surface area (Å²) in [5.41, 5.74) is 1.25. The van der Waals surface area contributed by atoms with Crippen molar-refractivity contribution in [1.82, 2.24) is 24.5 Å². The van der Waals surface area contributed by atoms with E-state index in [1.807, 2.05) is 23.5 Å². The zero-order chi connectivity index (χ0) is 23.2. The smallest absolute Gasteiger partial charge is 0.263 e. The van der Waals surface area contributed by atoms with Crippen molar-refractivity contribution in [3.05, 3.63) is 76.1 Å². The van der Waals surface area contributed by atoms with Gasteiger partial charge in [0.05, 0.1) is 17.4 Å². The predicted molar refractivity (Wildman–Crippen MR) is 123 cm³/mol. The number of para-hydroxylation sites is 1. The SMILES string of the molecule is CCOCCCNC(=O)CCc1nnc2n(Cc3ccc(F)cc3)c(=O)c3ccccc3n12. The highest BCUT2D eigenvalue weighted by Gasteiger charge is 2.17. The van der Waals surface area contributed by atoms with E-state index in [-0.39, 0.29) is 30.2 Å². The molecule has 0 bridgehead atoms. The Morgan fingerprint density at radius 1 is 1.12 bits per heavy atom.